The summed E-state index contributed by atoms with van der Waals surface area (Å²) in [6, 6.07) is 10.1. The van der Waals surface area contributed by atoms with E-state index in [9.17, 15) is 0 Å². The average molecular weight is 299 g/mol. The van der Waals surface area contributed by atoms with Crippen molar-refractivity contribution in [3.8, 4) is 5.75 Å². The van der Waals surface area contributed by atoms with Crippen LogP contribution in [0.5, 0.6) is 5.75 Å². The Morgan fingerprint density at radius 3 is 2.81 bits per heavy atom. The van der Waals surface area contributed by atoms with Gasteiger partial charge in [-0.2, -0.15) is 0 Å². The van der Waals surface area contributed by atoms with E-state index in [4.69, 9.17) is 4.74 Å². The van der Waals surface area contributed by atoms with Crippen molar-refractivity contribution < 1.29 is 4.74 Å². The quantitative estimate of drug-likeness (QED) is 0.793. The van der Waals surface area contributed by atoms with Gasteiger partial charge in [0, 0.05) is 17.0 Å². The van der Waals surface area contributed by atoms with Gasteiger partial charge in [0.05, 0.1) is 12.5 Å². The van der Waals surface area contributed by atoms with Crippen molar-refractivity contribution in [2.75, 3.05) is 12.4 Å². The summed E-state index contributed by atoms with van der Waals surface area (Å²) in [6.07, 6.45) is 0. The number of ether oxygens (including phenoxy) is 1. The second kappa shape index (κ2) is 5.69. The van der Waals surface area contributed by atoms with E-state index in [1.165, 1.54) is 4.88 Å². The largest absolute Gasteiger partial charge is 0.496 e. The smallest absolute Gasteiger partial charge is 0.138 e. The SMILES string of the molecule is COc1ccccc1CNc1nc(C)nc2sc(C)cc12. The van der Waals surface area contributed by atoms with E-state index in [1.54, 1.807) is 18.4 Å². The normalized spacial score (nSPS) is 10.8. The topological polar surface area (TPSA) is 47.0 Å². The molecule has 3 rings (SSSR count). The van der Waals surface area contributed by atoms with Gasteiger partial charge in [-0.25, -0.2) is 9.97 Å². The molecular weight excluding hydrogens is 282 g/mol. The van der Waals surface area contributed by atoms with Gasteiger partial charge in [0.2, 0.25) is 0 Å². The second-order valence-corrected chi connectivity index (χ2v) is 6.10. The molecular formula is C16H17N3OS. The minimum Gasteiger partial charge on any atom is -0.496 e. The fourth-order valence-electron chi connectivity index (χ4n) is 2.31. The number of nitrogens with zero attached hydrogens (tertiary/aromatic N) is 2. The maximum absolute atomic E-state index is 5.38. The van der Waals surface area contributed by atoms with E-state index in [2.05, 4.69) is 34.3 Å². The molecule has 1 aromatic carbocycles. The minimum atomic E-state index is 0.671. The molecule has 21 heavy (non-hydrogen) atoms. The zero-order chi connectivity index (χ0) is 14.8. The molecule has 0 saturated heterocycles. The standard InChI is InChI=1S/C16H17N3OS/c1-10-8-13-15(18-11(2)19-16(13)21-10)17-9-12-6-4-5-7-14(12)20-3/h4-8H,9H2,1-3H3,(H,17,18,19). The number of fused-ring (bicyclic) bond motifs is 1. The van der Waals surface area contributed by atoms with Crippen LogP contribution in [0.15, 0.2) is 30.3 Å². The van der Waals surface area contributed by atoms with Crippen molar-refractivity contribution in [3.63, 3.8) is 0 Å². The Hall–Kier alpha value is -2.14. The summed E-state index contributed by atoms with van der Waals surface area (Å²) in [7, 11) is 1.69. The molecule has 0 bridgehead atoms. The number of aryl methyl sites for hydroxylation is 2. The van der Waals surface area contributed by atoms with E-state index in [-0.39, 0.29) is 0 Å². The molecule has 0 atom stereocenters. The summed E-state index contributed by atoms with van der Waals surface area (Å²) in [4.78, 5) is 11.3. The lowest BCUT2D eigenvalue weighted by Gasteiger charge is -2.10. The number of para-hydroxylation sites is 1. The number of anilines is 1. The Bertz CT molecular complexity index is 782. The van der Waals surface area contributed by atoms with E-state index in [0.29, 0.717) is 6.54 Å². The molecule has 3 aromatic rings. The highest BCUT2D eigenvalue weighted by atomic mass is 32.1. The van der Waals surface area contributed by atoms with Gasteiger partial charge in [-0.15, -0.1) is 11.3 Å². The molecule has 0 spiro atoms. The first kappa shape index (κ1) is 13.8. The van der Waals surface area contributed by atoms with Crippen molar-refractivity contribution in [2.45, 2.75) is 20.4 Å². The van der Waals surface area contributed by atoms with Gasteiger partial charge in [0.25, 0.3) is 0 Å². The van der Waals surface area contributed by atoms with Crippen LogP contribution in [0.4, 0.5) is 5.82 Å². The summed E-state index contributed by atoms with van der Waals surface area (Å²) in [5.74, 6) is 2.55. The van der Waals surface area contributed by atoms with Crippen LogP contribution in [-0.4, -0.2) is 17.1 Å². The molecule has 0 saturated carbocycles. The Morgan fingerprint density at radius 1 is 1.19 bits per heavy atom. The van der Waals surface area contributed by atoms with Crippen molar-refractivity contribution in [3.05, 3.63) is 46.6 Å². The zero-order valence-corrected chi connectivity index (χ0v) is 13.1. The maximum Gasteiger partial charge on any atom is 0.138 e. The van der Waals surface area contributed by atoms with Gasteiger partial charge in [0.1, 0.15) is 22.2 Å². The predicted octanol–water partition coefficient (Wildman–Crippen LogP) is 3.93. The van der Waals surface area contributed by atoms with Gasteiger partial charge in [-0.05, 0) is 26.0 Å². The number of methoxy groups -OCH3 is 1. The van der Waals surface area contributed by atoms with E-state index in [1.807, 2.05) is 25.1 Å². The summed E-state index contributed by atoms with van der Waals surface area (Å²) in [5, 5.41) is 4.49. The van der Waals surface area contributed by atoms with Crippen LogP contribution in [0.1, 0.15) is 16.3 Å². The number of hydrogen-bond acceptors (Lipinski definition) is 5. The Labute approximate surface area is 127 Å². The molecule has 0 aliphatic heterocycles. The Kier molecular flexibility index (Phi) is 3.75. The van der Waals surface area contributed by atoms with Crippen LogP contribution < -0.4 is 10.1 Å². The lowest BCUT2D eigenvalue weighted by Crippen LogP contribution is -2.04. The Balaban J connectivity index is 1.91. The highest BCUT2D eigenvalue weighted by Gasteiger charge is 2.09. The van der Waals surface area contributed by atoms with Gasteiger partial charge in [-0.1, -0.05) is 18.2 Å². The highest BCUT2D eigenvalue weighted by molar-refractivity contribution is 7.18. The maximum atomic E-state index is 5.38. The van der Waals surface area contributed by atoms with Gasteiger partial charge < -0.3 is 10.1 Å². The van der Waals surface area contributed by atoms with Crippen LogP contribution in [-0.2, 0) is 6.54 Å². The first-order valence-corrected chi connectivity index (χ1v) is 7.59. The average Bonchev–Trinajstić information content (AvgIpc) is 2.85. The van der Waals surface area contributed by atoms with Crippen LogP contribution >= 0.6 is 11.3 Å². The number of benzene rings is 1. The first-order valence-electron chi connectivity index (χ1n) is 6.78. The van der Waals surface area contributed by atoms with Gasteiger partial charge in [-0.3, -0.25) is 0 Å². The van der Waals surface area contributed by atoms with Gasteiger partial charge >= 0.3 is 0 Å². The van der Waals surface area contributed by atoms with Crippen molar-refractivity contribution in [1.29, 1.82) is 0 Å². The van der Waals surface area contributed by atoms with Crippen molar-refractivity contribution >= 4 is 27.4 Å². The third-order valence-corrected chi connectivity index (χ3v) is 4.21. The molecule has 0 unspecified atom stereocenters. The lowest BCUT2D eigenvalue weighted by molar-refractivity contribution is 0.410. The molecule has 5 heteroatoms. The lowest BCUT2D eigenvalue weighted by atomic mass is 10.2. The van der Waals surface area contributed by atoms with Crippen LogP contribution in [0.2, 0.25) is 0 Å². The van der Waals surface area contributed by atoms with Crippen molar-refractivity contribution in [2.24, 2.45) is 0 Å². The predicted molar refractivity (Wildman–Crippen MR) is 87.2 cm³/mol. The fraction of sp³-hybridized carbons (Fsp3) is 0.250. The molecule has 0 amide bonds. The summed E-state index contributed by atoms with van der Waals surface area (Å²) >= 11 is 1.69. The summed E-state index contributed by atoms with van der Waals surface area (Å²) in [6.45, 7) is 4.68. The van der Waals surface area contributed by atoms with Gasteiger partial charge in [0.15, 0.2) is 0 Å². The number of hydrogen-bond donors (Lipinski definition) is 1. The Morgan fingerprint density at radius 2 is 2.00 bits per heavy atom. The summed E-state index contributed by atoms with van der Waals surface area (Å²) in [5.41, 5.74) is 1.11. The van der Waals surface area contributed by atoms with E-state index >= 15 is 0 Å². The third kappa shape index (κ3) is 2.83. The van der Waals surface area contributed by atoms with Crippen LogP contribution in [0, 0.1) is 13.8 Å². The number of thiophene rings is 1. The molecule has 2 heterocycles. The zero-order valence-electron chi connectivity index (χ0n) is 12.3. The molecule has 4 nitrogen and oxygen atoms in total. The number of rotatable bonds is 4. The van der Waals surface area contributed by atoms with Crippen molar-refractivity contribution in [1.82, 2.24) is 9.97 Å². The molecule has 0 radical (unpaired) electrons. The molecule has 1 N–H and O–H groups in total. The third-order valence-electron chi connectivity index (χ3n) is 3.27. The van der Waals surface area contributed by atoms with Crippen LogP contribution in [0.3, 0.4) is 0 Å². The molecule has 0 aliphatic carbocycles. The molecule has 2 aromatic heterocycles. The summed E-state index contributed by atoms with van der Waals surface area (Å²) < 4.78 is 5.38. The minimum absolute atomic E-state index is 0.671. The number of aromatic nitrogens is 2. The monoisotopic (exact) mass is 299 g/mol. The molecule has 108 valence electrons. The first-order chi connectivity index (χ1) is 10.2. The van der Waals surface area contributed by atoms with Crippen LogP contribution in [0.25, 0.3) is 10.2 Å². The molecule has 0 fully saturated rings. The van der Waals surface area contributed by atoms with E-state index in [0.717, 1.165) is 33.2 Å². The number of nitrogens with one attached hydrogen (secondary N) is 1. The second-order valence-electron chi connectivity index (χ2n) is 4.86. The van der Waals surface area contributed by atoms with E-state index < -0.39 is 0 Å². The fourth-order valence-corrected chi connectivity index (χ4v) is 3.24. The highest BCUT2D eigenvalue weighted by Crippen LogP contribution is 2.29. The molecule has 0 aliphatic rings.